The second-order valence-electron chi connectivity index (χ2n) is 12.2. The summed E-state index contributed by atoms with van der Waals surface area (Å²) in [5.74, 6) is -4.66. The van der Waals surface area contributed by atoms with Crippen LogP contribution in [0.1, 0.15) is 68.9 Å². The van der Waals surface area contributed by atoms with Gasteiger partial charge in [0.05, 0.1) is 13.2 Å². The highest BCUT2D eigenvalue weighted by molar-refractivity contribution is 5.95. The van der Waals surface area contributed by atoms with Gasteiger partial charge in [0, 0.05) is 12.5 Å². The number of rotatable bonds is 11. The van der Waals surface area contributed by atoms with Crippen molar-refractivity contribution in [2.45, 2.75) is 88.1 Å². The number of likely N-dealkylation sites (N-methyl/N-ethyl adjacent to an activating group) is 1. The quantitative estimate of drug-likeness (QED) is 0.260. The van der Waals surface area contributed by atoms with E-state index in [2.05, 4.69) is 16.0 Å². The van der Waals surface area contributed by atoms with E-state index in [0.29, 0.717) is 19.4 Å². The van der Waals surface area contributed by atoms with Gasteiger partial charge < -0.3 is 30.7 Å². The molecule has 14 heteroatoms. The third-order valence-corrected chi connectivity index (χ3v) is 9.00. The fraction of sp³-hybridized carbons (Fsp3) is 0.514. The molecule has 1 aliphatic heterocycles. The summed E-state index contributed by atoms with van der Waals surface area (Å²) in [5, 5.41) is 16.0. The standard InChI is InChI=1S/C33H44N4O5.C2HF3O2/c1-22(34-2)30(38)35-28(25-18-11-6-12-19-25)32(40)37-21-13-20-26(37)31(39)36-29(33(41)42-3)27(23-14-7-4-8-15-23)24-16-9-5-10-17-24;3-2(4,5)1(6)7/h4-5,7-10,14-17,22,25-29,34H,6,11-13,18-21H2,1-3H3,(H,35,38)(H,36,39);(H,6,7)/t22-,26-,28-,29-;/m0./s1. The van der Waals surface area contributed by atoms with Crippen molar-refractivity contribution < 1.29 is 47.0 Å². The number of alkyl halides is 3. The molecule has 2 aromatic rings. The van der Waals surface area contributed by atoms with Crippen LogP contribution >= 0.6 is 0 Å². The molecule has 1 saturated heterocycles. The molecule has 2 aromatic carbocycles. The van der Waals surface area contributed by atoms with Crippen molar-refractivity contribution >= 4 is 29.7 Å². The lowest BCUT2D eigenvalue weighted by Gasteiger charge is -2.35. The lowest BCUT2D eigenvalue weighted by atomic mass is 9.83. The number of ether oxygens (including phenoxy) is 1. The number of likely N-dealkylation sites (tertiary alicyclic amines) is 1. The molecule has 1 heterocycles. The molecule has 2 aliphatic rings. The maximum atomic E-state index is 14.1. The predicted octanol–water partition coefficient (Wildman–Crippen LogP) is 3.77. The molecule has 49 heavy (non-hydrogen) atoms. The highest BCUT2D eigenvalue weighted by atomic mass is 19.4. The molecule has 0 bridgehead atoms. The van der Waals surface area contributed by atoms with Crippen LogP contribution in [0.5, 0.6) is 0 Å². The molecular formula is C35H45F3N4O7. The molecular weight excluding hydrogens is 645 g/mol. The maximum Gasteiger partial charge on any atom is 0.490 e. The second kappa shape index (κ2) is 18.3. The fourth-order valence-electron chi connectivity index (χ4n) is 6.29. The Bertz CT molecular complexity index is 1370. The maximum absolute atomic E-state index is 14.1. The molecule has 4 atom stereocenters. The van der Waals surface area contributed by atoms with Crippen LogP contribution < -0.4 is 16.0 Å². The first kappa shape index (κ1) is 39.0. The van der Waals surface area contributed by atoms with Crippen LogP contribution in [0.3, 0.4) is 0 Å². The topological polar surface area (TPSA) is 154 Å². The van der Waals surface area contributed by atoms with Gasteiger partial charge in [-0.15, -0.1) is 0 Å². The summed E-state index contributed by atoms with van der Waals surface area (Å²) in [7, 11) is 3.02. The monoisotopic (exact) mass is 690 g/mol. The largest absolute Gasteiger partial charge is 0.490 e. The number of amides is 3. The highest BCUT2D eigenvalue weighted by Gasteiger charge is 2.43. The number of carboxylic acids is 1. The number of aliphatic carboxylic acids is 1. The van der Waals surface area contributed by atoms with E-state index in [9.17, 15) is 32.3 Å². The van der Waals surface area contributed by atoms with Gasteiger partial charge in [-0.2, -0.15) is 13.2 Å². The minimum atomic E-state index is -5.08. The molecule has 2 fully saturated rings. The summed E-state index contributed by atoms with van der Waals surface area (Å²) < 4.78 is 36.9. The van der Waals surface area contributed by atoms with Crippen LogP contribution in [0.2, 0.25) is 0 Å². The summed E-state index contributed by atoms with van der Waals surface area (Å²) in [6, 6.07) is 16.2. The molecule has 4 rings (SSSR count). The average molecular weight is 691 g/mol. The molecule has 0 radical (unpaired) electrons. The molecule has 4 N–H and O–H groups in total. The van der Waals surface area contributed by atoms with Crippen LogP contribution in [-0.2, 0) is 28.7 Å². The van der Waals surface area contributed by atoms with Crippen LogP contribution in [0.15, 0.2) is 60.7 Å². The van der Waals surface area contributed by atoms with Crippen molar-refractivity contribution in [3.8, 4) is 0 Å². The minimum absolute atomic E-state index is 0.0203. The van der Waals surface area contributed by atoms with Crippen molar-refractivity contribution in [1.82, 2.24) is 20.9 Å². The number of nitrogens with zero attached hydrogens (tertiary/aromatic N) is 1. The van der Waals surface area contributed by atoms with Gasteiger partial charge in [0.2, 0.25) is 17.7 Å². The summed E-state index contributed by atoms with van der Waals surface area (Å²) in [6.45, 7) is 2.17. The Labute approximate surface area is 283 Å². The summed E-state index contributed by atoms with van der Waals surface area (Å²) in [5.41, 5.74) is 1.72. The van der Waals surface area contributed by atoms with Crippen molar-refractivity contribution in [2.24, 2.45) is 5.92 Å². The Balaban J connectivity index is 0.000000838. The third-order valence-electron chi connectivity index (χ3n) is 9.00. The lowest BCUT2D eigenvalue weighted by Crippen LogP contribution is -2.59. The minimum Gasteiger partial charge on any atom is -0.475 e. The molecule has 1 saturated carbocycles. The number of carbonyl (C=O) groups excluding carboxylic acids is 4. The zero-order chi connectivity index (χ0) is 36.1. The van der Waals surface area contributed by atoms with E-state index >= 15 is 0 Å². The van der Waals surface area contributed by atoms with E-state index in [1.165, 1.54) is 7.11 Å². The van der Waals surface area contributed by atoms with Gasteiger partial charge in [-0.3, -0.25) is 14.4 Å². The van der Waals surface area contributed by atoms with Gasteiger partial charge in [-0.05, 0) is 56.7 Å². The fourth-order valence-corrected chi connectivity index (χ4v) is 6.29. The number of methoxy groups -OCH3 is 1. The zero-order valence-corrected chi connectivity index (χ0v) is 27.9. The van der Waals surface area contributed by atoms with E-state index in [1.807, 2.05) is 60.7 Å². The van der Waals surface area contributed by atoms with Crippen LogP contribution in [0.25, 0.3) is 0 Å². The molecule has 0 spiro atoms. The van der Waals surface area contributed by atoms with Crippen LogP contribution in [0, 0.1) is 5.92 Å². The second-order valence-corrected chi connectivity index (χ2v) is 12.2. The smallest absolute Gasteiger partial charge is 0.475 e. The Kier molecular flexibility index (Phi) is 14.6. The van der Waals surface area contributed by atoms with E-state index in [0.717, 1.165) is 43.2 Å². The number of esters is 1. The normalized spacial score (nSPS) is 18.3. The predicted molar refractivity (Wildman–Crippen MR) is 174 cm³/mol. The Morgan fingerprint density at radius 1 is 0.857 bits per heavy atom. The van der Waals surface area contributed by atoms with E-state index in [1.54, 1.807) is 18.9 Å². The van der Waals surface area contributed by atoms with Gasteiger partial charge >= 0.3 is 18.1 Å². The van der Waals surface area contributed by atoms with Crippen molar-refractivity contribution in [3.05, 3.63) is 71.8 Å². The number of hydrogen-bond acceptors (Lipinski definition) is 7. The van der Waals surface area contributed by atoms with Crippen molar-refractivity contribution in [2.75, 3.05) is 20.7 Å². The third kappa shape index (κ3) is 10.8. The number of halogens is 3. The van der Waals surface area contributed by atoms with Gasteiger partial charge in [-0.25, -0.2) is 9.59 Å². The number of carbonyl (C=O) groups is 5. The van der Waals surface area contributed by atoms with Crippen LogP contribution in [0.4, 0.5) is 13.2 Å². The lowest BCUT2D eigenvalue weighted by molar-refractivity contribution is -0.192. The number of carboxylic acid groups (broad SMARTS) is 1. The van der Waals surface area contributed by atoms with Crippen molar-refractivity contribution in [1.29, 1.82) is 0 Å². The van der Waals surface area contributed by atoms with E-state index in [-0.39, 0.29) is 17.7 Å². The van der Waals surface area contributed by atoms with E-state index < -0.39 is 54.1 Å². The van der Waals surface area contributed by atoms with Gasteiger partial charge in [0.15, 0.2) is 0 Å². The molecule has 11 nitrogen and oxygen atoms in total. The molecule has 3 amide bonds. The zero-order valence-electron chi connectivity index (χ0n) is 27.9. The summed E-state index contributed by atoms with van der Waals surface area (Å²) in [6.07, 6.45) is 0.905. The first-order valence-corrected chi connectivity index (χ1v) is 16.4. The Morgan fingerprint density at radius 3 is 1.86 bits per heavy atom. The van der Waals surface area contributed by atoms with E-state index in [4.69, 9.17) is 14.6 Å². The molecule has 0 unspecified atom stereocenters. The first-order valence-electron chi connectivity index (χ1n) is 16.4. The van der Waals surface area contributed by atoms with Gasteiger partial charge in [-0.1, -0.05) is 79.9 Å². The Hall–Kier alpha value is -4.46. The van der Waals surface area contributed by atoms with Gasteiger partial charge in [0.1, 0.15) is 18.1 Å². The highest BCUT2D eigenvalue weighted by Crippen LogP contribution is 2.31. The molecule has 1 aliphatic carbocycles. The Morgan fingerprint density at radius 2 is 1.39 bits per heavy atom. The molecule has 268 valence electrons. The summed E-state index contributed by atoms with van der Waals surface area (Å²) in [4.78, 5) is 64.6. The SMILES string of the molecule is CN[C@@H](C)C(=O)N[C@H](C(=O)N1CCC[C@H]1C(=O)N[C@H](C(=O)OC)C(c1ccccc1)c1ccccc1)C1CCCCC1.O=C(O)C(F)(F)F. The average Bonchev–Trinajstić information content (AvgIpc) is 3.61. The number of benzene rings is 2. The van der Waals surface area contributed by atoms with Crippen molar-refractivity contribution in [3.63, 3.8) is 0 Å². The summed E-state index contributed by atoms with van der Waals surface area (Å²) >= 11 is 0. The van der Waals surface area contributed by atoms with Gasteiger partial charge in [0.25, 0.3) is 0 Å². The first-order chi connectivity index (χ1) is 23.3. The number of nitrogens with one attached hydrogen (secondary N) is 3. The molecule has 0 aromatic heterocycles. The number of hydrogen-bond donors (Lipinski definition) is 4. The van der Waals surface area contributed by atoms with Crippen LogP contribution in [-0.4, -0.2) is 90.7 Å².